The van der Waals surface area contributed by atoms with Gasteiger partial charge in [0.2, 0.25) is 0 Å². The molecule has 27 heavy (non-hydrogen) atoms. The molecule has 5 heteroatoms. The molecule has 0 heterocycles. The number of hydrogen-bond donors (Lipinski definition) is 0. The molecule has 0 aromatic heterocycles. The van der Waals surface area contributed by atoms with Crippen molar-refractivity contribution in [3.05, 3.63) is 83.7 Å². The molecule has 0 aliphatic carbocycles. The average molecular weight is 361 g/mol. The largest absolute Gasteiger partial charge is 0.494 e. The molecule has 0 bridgehead atoms. The van der Waals surface area contributed by atoms with Crippen LogP contribution < -0.4 is 9.47 Å². The summed E-state index contributed by atoms with van der Waals surface area (Å²) in [6.07, 6.45) is -0.0434. The van der Waals surface area contributed by atoms with Crippen molar-refractivity contribution in [1.82, 2.24) is 0 Å². The van der Waals surface area contributed by atoms with Gasteiger partial charge in [-0.15, -0.1) is 0 Å². The summed E-state index contributed by atoms with van der Waals surface area (Å²) in [5.74, 6) is -0.461. The second-order valence-electron chi connectivity index (χ2n) is 5.83. The first-order valence-electron chi connectivity index (χ1n) is 8.23. The lowest BCUT2D eigenvalue weighted by molar-refractivity contribution is -0.133. The molecule has 0 fully saturated rings. The topological polar surface area (TPSA) is 59.3 Å². The van der Waals surface area contributed by atoms with Crippen molar-refractivity contribution >= 4 is 5.97 Å². The first-order valence-corrected chi connectivity index (χ1v) is 8.23. The van der Waals surface area contributed by atoms with Crippen molar-refractivity contribution in [1.29, 1.82) is 5.26 Å². The number of esters is 1. The molecule has 0 N–H and O–H groups in total. The molecular formula is C22H16FNO3. The highest BCUT2D eigenvalue weighted by Gasteiger charge is 2.10. The summed E-state index contributed by atoms with van der Waals surface area (Å²) in [5, 5.41) is 8.84. The number of methoxy groups -OCH3 is 1. The Morgan fingerprint density at radius 2 is 1.63 bits per heavy atom. The molecule has 0 unspecified atom stereocenters. The van der Waals surface area contributed by atoms with Gasteiger partial charge >= 0.3 is 5.97 Å². The normalized spacial score (nSPS) is 10.1. The standard InChI is InChI=1S/C22H16FNO3/c1-26-21-11-4-16(12-20(21)23)13-22(25)27-19-9-7-18(8-10-19)17-5-2-15(14-24)3-6-17/h2-12H,13H2,1H3. The Hall–Kier alpha value is -3.65. The van der Waals surface area contributed by atoms with Crippen LogP contribution in [0.15, 0.2) is 66.7 Å². The molecular weight excluding hydrogens is 345 g/mol. The SMILES string of the molecule is COc1ccc(CC(=O)Oc2ccc(-c3ccc(C#N)cc3)cc2)cc1F. The van der Waals surface area contributed by atoms with Gasteiger partial charge in [0.25, 0.3) is 0 Å². The third-order valence-electron chi connectivity index (χ3n) is 4.00. The summed E-state index contributed by atoms with van der Waals surface area (Å²) < 4.78 is 23.8. The Kier molecular flexibility index (Phi) is 5.48. The van der Waals surface area contributed by atoms with E-state index in [1.165, 1.54) is 19.2 Å². The Morgan fingerprint density at radius 1 is 1.00 bits per heavy atom. The molecule has 4 nitrogen and oxygen atoms in total. The van der Waals surface area contributed by atoms with Crippen molar-refractivity contribution in [3.63, 3.8) is 0 Å². The fraction of sp³-hybridized carbons (Fsp3) is 0.0909. The Labute approximate surface area is 156 Å². The van der Waals surface area contributed by atoms with Gasteiger partial charge < -0.3 is 9.47 Å². The number of ether oxygens (including phenoxy) is 2. The van der Waals surface area contributed by atoms with Gasteiger partial charge in [0, 0.05) is 0 Å². The number of nitriles is 1. The van der Waals surface area contributed by atoms with E-state index in [1.54, 1.807) is 30.3 Å². The van der Waals surface area contributed by atoms with Crippen LogP contribution >= 0.6 is 0 Å². The highest BCUT2D eigenvalue weighted by molar-refractivity contribution is 5.75. The predicted molar refractivity (Wildman–Crippen MR) is 98.9 cm³/mol. The molecule has 0 atom stereocenters. The number of benzene rings is 3. The number of halogens is 1. The average Bonchev–Trinajstić information content (AvgIpc) is 2.69. The van der Waals surface area contributed by atoms with Crippen LogP contribution in [0, 0.1) is 17.1 Å². The van der Waals surface area contributed by atoms with E-state index in [0.29, 0.717) is 16.9 Å². The highest BCUT2D eigenvalue weighted by atomic mass is 19.1. The van der Waals surface area contributed by atoms with E-state index in [-0.39, 0.29) is 12.2 Å². The molecule has 0 amide bonds. The zero-order valence-electron chi connectivity index (χ0n) is 14.6. The van der Waals surface area contributed by atoms with Crippen LogP contribution in [0.25, 0.3) is 11.1 Å². The number of hydrogen-bond acceptors (Lipinski definition) is 4. The minimum atomic E-state index is -0.519. The summed E-state index contributed by atoms with van der Waals surface area (Å²) in [4.78, 5) is 12.1. The van der Waals surface area contributed by atoms with Gasteiger partial charge in [0.15, 0.2) is 11.6 Å². The van der Waals surface area contributed by atoms with Gasteiger partial charge in [-0.3, -0.25) is 4.79 Å². The van der Waals surface area contributed by atoms with Crippen LogP contribution in [-0.4, -0.2) is 13.1 Å². The maximum Gasteiger partial charge on any atom is 0.315 e. The number of rotatable bonds is 5. The van der Waals surface area contributed by atoms with E-state index in [1.807, 2.05) is 24.3 Å². The van der Waals surface area contributed by atoms with E-state index in [0.717, 1.165) is 11.1 Å². The van der Waals surface area contributed by atoms with Crippen molar-refractivity contribution in [3.8, 4) is 28.7 Å². The minimum Gasteiger partial charge on any atom is -0.494 e. The van der Waals surface area contributed by atoms with Gasteiger partial charge in [-0.1, -0.05) is 30.3 Å². The third-order valence-corrected chi connectivity index (χ3v) is 4.00. The molecule has 0 aliphatic heterocycles. The molecule has 0 saturated carbocycles. The highest BCUT2D eigenvalue weighted by Crippen LogP contribution is 2.23. The lowest BCUT2D eigenvalue weighted by Crippen LogP contribution is -2.11. The van der Waals surface area contributed by atoms with Crippen molar-refractivity contribution in [2.24, 2.45) is 0 Å². The third kappa shape index (κ3) is 4.50. The summed E-state index contributed by atoms with van der Waals surface area (Å²) in [6, 6.07) is 20.7. The molecule has 0 spiro atoms. The number of carbonyl (C=O) groups excluding carboxylic acids is 1. The van der Waals surface area contributed by atoms with Crippen LogP contribution in [-0.2, 0) is 11.2 Å². The first kappa shape index (κ1) is 18.2. The predicted octanol–water partition coefficient (Wildman–Crippen LogP) is 4.52. The van der Waals surface area contributed by atoms with E-state index in [2.05, 4.69) is 6.07 Å². The smallest absolute Gasteiger partial charge is 0.315 e. The zero-order valence-corrected chi connectivity index (χ0v) is 14.6. The Bertz CT molecular complexity index is 990. The van der Waals surface area contributed by atoms with E-state index < -0.39 is 11.8 Å². The Balaban J connectivity index is 1.64. The van der Waals surface area contributed by atoms with Gasteiger partial charge in [0.05, 0.1) is 25.2 Å². The van der Waals surface area contributed by atoms with Crippen molar-refractivity contribution in [2.45, 2.75) is 6.42 Å². The molecule has 3 rings (SSSR count). The van der Waals surface area contributed by atoms with Gasteiger partial charge in [-0.05, 0) is 53.1 Å². The van der Waals surface area contributed by atoms with Crippen molar-refractivity contribution < 1.29 is 18.7 Å². The summed E-state index contributed by atoms with van der Waals surface area (Å²) in [7, 11) is 1.38. The molecule has 134 valence electrons. The summed E-state index contributed by atoms with van der Waals surface area (Å²) in [5.41, 5.74) is 3.00. The van der Waals surface area contributed by atoms with Crippen LogP contribution in [0.4, 0.5) is 4.39 Å². The maximum absolute atomic E-state index is 13.7. The summed E-state index contributed by atoms with van der Waals surface area (Å²) in [6.45, 7) is 0. The van der Waals surface area contributed by atoms with Crippen LogP contribution in [0.2, 0.25) is 0 Å². The molecule has 3 aromatic rings. The molecule has 0 saturated heterocycles. The lowest BCUT2D eigenvalue weighted by atomic mass is 10.0. The van der Waals surface area contributed by atoms with Gasteiger partial charge in [0.1, 0.15) is 5.75 Å². The lowest BCUT2D eigenvalue weighted by Gasteiger charge is -2.07. The van der Waals surface area contributed by atoms with E-state index in [9.17, 15) is 9.18 Å². The van der Waals surface area contributed by atoms with Crippen LogP contribution in [0.1, 0.15) is 11.1 Å². The van der Waals surface area contributed by atoms with E-state index >= 15 is 0 Å². The zero-order chi connectivity index (χ0) is 19.2. The fourth-order valence-corrected chi connectivity index (χ4v) is 2.61. The van der Waals surface area contributed by atoms with Gasteiger partial charge in [-0.2, -0.15) is 5.26 Å². The summed E-state index contributed by atoms with van der Waals surface area (Å²) >= 11 is 0. The number of carbonyl (C=O) groups is 1. The number of nitrogens with zero attached hydrogens (tertiary/aromatic N) is 1. The van der Waals surface area contributed by atoms with E-state index in [4.69, 9.17) is 14.7 Å². The van der Waals surface area contributed by atoms with Crippen LogP contribution in [0.3, 0.4) is 0 Å². The van der Waals surface area contributed by atoms with Crippen molar-refractivity contribution in [2.75, 3.05) is 7.11 Å². The Morgan fingerprint density at radius 3 is 2.19 bits per heavy atom. The van der Waals surface area contributed by atoms with Crippen LogP contribution in [0.5, 0.6) is 11.5 Å². The second-order valence-corrected chi connectivity index (χ2v) is 5.83. The minimum absolute atomic E-state index is 0.0434. The second kappa shape index (κ2) is 8.15. The molecule has 0 aliphatic rings. The molecule has 0 radical (unpaired) electrons. The van der Waals surface area contributed by atoms with Gasteiger partial charge in [-0.25, -0.2) is 4.39 Å². The fourth-order valence-electron chi connectivity index (χ4n) is 2.61. The maximum atomic E-state index is 13.7. The molecule has 3 aromatic carbocycles. The monoisotopic (exact) mass is 361 g/mol. The first-order chi connectivity index (χ1) is 13.1. The quantitative estimate of drug-likeness (QED) is 0.495.